The van der Waals surface area contributed by atoms with Gasteiger partial charge in [0.05, 0.1) is 6.04 Å². The molecule has 1 aliphatic carbocycles. The molecular formula is C37H53N9O6S2. The van der Waals surface area contributed by atoms with Crippen LogP contribution < -0.4 is 43.8 Å². The Morgan fingerprint density at radius 1 is 1.06 bits per heavy atom. The average Bonchev–Trinajstić information content (AvgIpc) is 3.47. The van der Waals surface area contributed by atoms with Crippen LogP contribution in [0.3, 0.4) is 0 Å². The maximum Gasteiger partial charge on any atom is 0.247 e. The van der Waals surface area contributed by atoms with Crippen LogP contribution in [-0.2, 0) is 43.2 Å². The van der Waals surface area contributed by atoms with Crippen molar-refractivity contribution in [1.29, 1.82) is 5.41 Å². The summed E-state index contributed by atoms with van der Waals surface area (Å²) in [7, 11) is 0. The summed E-state index contributed by atoms with van der Waals surface area (Å²) in [5.74, 6) is -1.86. The normalized spacial score (nSPS) is 20.8. The Morgan fingerprint density at radius 2 is 1.69 bits per heavy atom. The van der Waals surface area contributed by atoms with Crippen LogP contribution >= 0.6 is 23.5 Å². The largest absolute Gasteiger partial charge is 0.508 e. The van der Waals surface area contributed by atoms with E-state index in [0.717, 1.165) is 27.8 Å². The molecule has 0 aromatic heterocycles. The lowest BCUT2D eigenvalue weighted by Crippen LogP contribution is -2.68. The van der Waals surface area contributed by atoms with Gasteiger partial charge < -0.3 is 48.9 Å². The second-order valence-electron chi connectivity index (χ2n) is 14.5. The molecule has 0 radical (unpaired) electrons. The third kappa shape index (κ3) is 10.8. The first-order valence-corrected chi connectivity index (χ1v) is 20.0. The Bertz CT molecular complexity index is 1710. The minimum Gasteiger partial charge on any atom is -0.508 e. The van der Waals surface area contributed by atoms with Gasteiger partial charge in [-0.05, 0) is 86.9 Å². The Labute approximate surface area is 324 Å². The highest BCUT2D eigenvalue weighted by molar-refractivity contribution is 8.03. The van der Waals surface area contributed by atoms with Crippen LogP contribution in [0.2, 0.25) is 0 Å². The van der Waals surface area contributed by atoms with E-state index in [0.29, 0.717) is 24.5 Å². The molecule has 15 nitrogen and oxygen atoms in total. The summed E-state index contributed by atoms with van der Waals surface area (Å²) < 4.78 is -0.881. The number of phenolic OH excluding ortho intramolecular Hbond substituents is 1. The first-order chi connectivity index (χ1) is 25.4. The number of aromatic hydroxyl groups is 1. The van der Waals surface area contributed by atoms with Gasteiger partial charge in [-0.3, -0.25) is 29.4 Å². The van der Waals surface area contributed by atoms with Gasteiger partial charge in [0.15, 0.2) is 5.96 Å². The predicted octanol–water partition coefficient (Wildman–Crippen LogP) is -0.00579. The number of hydrogen-bond donors (Lipinski definition) is 10. The van der Waals surface area contributed by atoms with E-state index in [-0.39, 0.29) is 43.1 Å². The Hall–Kier alpha value is -4.48. The number of rotatable bonds is 11. The molecule has 1 spiro atoms. The number of amides is 5. The number of nitrogens with two attached hydrogens (primary N) is 3. The fraction of sp³-hybridized carbons (Fsp3) is 0.514. The molecule has 1 aliphatic heterocycles. The summed E-state index contributed by atoms with van der Waals surface area (Å²) in [6.07, 6.45) is 1.03. The molecule has 17 heteroatoms. The van der Waals surface area contributed by atoms with Crippen molar-refractivity contribution in [3.8, 4) is 5.75 Å². The fourth-order valence-electron chi connectivity index (χ4n) is 6.85. The summed E-state index contributed by atoms with van der Waals surface area (Å²) in [6.45, 7) is 7.62. The summed E-state index contributed by atoms with van der Waals surface area (Å²) in [5, 5.41) is 31.4. The zero-order valence-electron chi connectivity index (χ0n) is 31.2. The average molecular weight is 784 g/mol. The van der Waals surface area contributed by atoms with Crippen molar-refractivity contribution >= 4 is 59.0 Å². The van der Waals surface area contributed by atoms with Gasteiger partial charge in [-0.1, -0.05) is 24.3 Å². The molecule has 0 saturated carbocycles. The quantitative estimate of drug-likeness (QED) is 0.0823. The van der Waals surface area contributed by atoms with Gasteiger partial charge in [0.2, 0.25) is 29.5 Å². The van der Waals surface area contributed by atoms with Gasteiger partial charge in [-0.15, -0.1) is 0 Å². The SMILES string of the molecule is Cc1cc(O)cc(C)c1C[C@H](N)C(=O)N[C@@H]1CSCCSC(C)(C)[C@H](C(=O)N[C@@H](CCCNC(=N)N)C(N)=O)NC(=O)C2(Cc3ccccc3C2)NC1=O. The van der Waals surface area contributed by atoms with Crippen molar-refractivity contribution in [3.05, 3.63) is 64.2 Å². The number of primary amides is 1. The monoisotopic (exact) mass is 783 g/mol. The molecule has 13 N–H and O–H groups in total. The lowest BCUT2D eigenvalue weighted by atomic mass is 9.91. The van der Waals surface area contributed by atoms with E-state index in [9.17, 15) is 29.1 Å². The number of benzene rings is 2. The molecular weight excluding hydrogens is 731 g/mol. The molecule has 2 aliphatic rings. The summed E-state index contributed by atoms with van der Waals surface area (Å²) in [5.41, 5.74) is 20.0. The molecule has 0 unspecified atom stereocenters. The van der Waals surface area contributed by atoms with Crippen molar-refractivity contribution in [2.45, 2.75) is 94.3 Å². The van der Waals surface area contributed by atoms with Crippen LogP contribution in [0.4, 0.5) is 0 Å². The molecule has 4 rings (SSSR count). The Kier molecular flexibility index (Phi) is 14.3. The van der Waals surface area contributed by atoms with Crippen molar-refractivity contribution in [3.63, 3.8) is 0 Å². The second-order valence-corrected chi connectivity index (χ2v) is 17.4. The molecule has 1 heterocycles. The molecule has 294 valence electrons. The maximum absolute atomic E-state index is 14.6. The number of thioether (sulfide) groups is 2. The maximum atomic E-state index is 14.6. The molecule has 5 amide bonds. The molecule has 54 heavy (non-hydrogen) atoms. The van der Waals surface area contributed by atoms with Crippen LogP contribution in [-0.4, -0.2) is 98.9 Å². The second kappa shape index (κ2) is 18.2. The minimum absolute atomic E-state index is 0.120. The van der Waals surface area contributed by atoms with E-state index in [1.807, 2.05) is 52.0 Å². The number of nitrogens with one attached hydrogen (secondary N) is 6. The molecule has 0 bridgehead atoms. The first kappa shape index (κ1) is 42.3. The predicted molar refractivity (Wildman–Crippen MR) is 212 cm³/mol. The van der Waals surface area contributed by atoms with E-state index in [1.165, 1.54) is 23.5 Å². The molecule has 1 fully saturated rings. The van der Waals surface area contributed by atoms with E-state index >= 15 is 0 Å². The van der Waals surface area contributed by atoms with Crippen LogP contribution in [0.15, 0.2) is 36.4 Å². The highest BCUT2D eigenvalue weighted by Gasteiger charge is 2.49. The van der Waals surface area contributed by atoms with Crippen LogP contribution in [0.25, 0.3) is 0 Å². The van der Waals surface area contributed by atoms with Crippen molar-refractivity contribution in [2.24, 2.45) is 17.2 Å². The third-order valence-electron chi connectivity index (χ3n) is 9.84. The summed E-state index contributed by atoms with van der Waals surface area (Å²) in [4.78, 5) is 68.8. The lowest BCUT2D eigenvalue weighted by molar-refractivity contribution is -0.137. The summed E-state index contributed by atoms with van der Waals surface area (Å²) in [6, 6.07) is 6.46. The number of aryl methyl sites for hydroxylation is 2. The zero-order chi connectivity index (χ0) is 39.8. The van der Waals surface area contributed by atoms with Crippen molar-refractivity contribution in [2.75, 3.05) is 23.8 Å². The van der Waals surface area contributed by atoms with Crippen molar-refractivity contribution in [1.82, 2.24) is 26.6 Å². The third-order valence-corrected chi connectivity index (χ3v) is 12.5. The van der Waals surface area contributed by atoms with E-state index in [2.05, 4.69) is 26.6 Å². The number of hydrogen-bond acceptors (Lipinski definition) is 10. The smallest absolute Gasteiger partial charge is 0.247 e. The van der Waals surface area contributed by atoms with Crippen LogP contribution in [0.5, 0.6) is 5.75 Å². The van der Waals surface area contributed by atoms with Gasteiger partial charge in [0.25, 0.3) is 0 Å². The van der Waals surface area contributed by atoms with Gasteiger partial charge in [-0.2, -0.15) is 23.5 Å². The van der Waals surface area contributed by atoms with Gasteiger partial charge in [0.1, 0.15) is 29.4 Å². The fourth-order valence-corrected chi connectivity index (χ4v) is 9.15. The highest BCUT2D eigenvalue weighted by atomic mass is 32.2. The van der Waals surface area contributed by atoms with Crippen LogP contribution in [0.1, 0.15) is 54.5 Å². The number of guanidine groups is 1. The van der Waals surface area contributed by atoms with Crippen molar-refractivity contribution < 1.29 is 29.1 Å². The lowest BCUT2D eigenvalue weighted by Gasteiger charge is -2.37. The number of carbonyl (C=O) groups is 5. The number of fused-ring (bicyclic) bond motifs is 1. The van der Waals surface area contributed by atoms with E-state index in [4.69, 9.17) is 22.6 Å². The molecule has 2 aromatic carbocycles. The number of phenols is 1. The highest BCUT2D eigenvalue weighted by Crippen LogP contribution is 2.34. The van der Waals surface area contributed by atoms with E-state index < -0.39 is 64.0 Å². The van der Waals surface area contributed by atoms with E-state index in [1.54, 1.807) is 12.1 Å². The summed E-state index contributed by atoms with van der Waals surface area (Å²) >= 11 is 2.90. The zero-order valence-corrected chi connectivity index (χ0v) is 32.8. The topological polar surface area (TPSA) is 268 Å². The molecule has 2 aromatic rings. The van der Waals surface area contributed by atoms with Gasteiger partial charge >= 0.3 is 0 Å². The minimum atomic E-state index is -1.51. The Balaban J connectivity index is 1.60. The first-order valence-electron chi connectivity index (χ1n) is 17.9. The Morgan fingerprint density at radius 3 is 2.28 bits per heavy atom. The molecule has 4 atom stereocenters. The van der Waals surface area contributed by atoms with Gasteiger partial charge in [-0.25, -0.2) is 0 Å². The van der Waals surface area contributed by atoms with Crippen LogP contribution in [0, 0.1) is 19.3 Å². The van der Waals surface area contributed by atoms with Gasteiger partial charge in [0, 0.05) is 41.4 Å². The number of carbonyl (C=O) groups excluding carboxylic acids is 5. The molecule has 1 saturated heterocycles. The standard InChI is InChI=1S/C37H53N9O6S2/c1-20-14-24(47)15-21(2)25(20)16-26(38)31(49)44-28-19-53-12-13-54-36(3,4)29(33(51)43-27(30(39)48)10-7-11-42-35(40)41)45-34(52)37(46-32(28)50)17-22-8-5-6-9-23(22)18-37/h5-6,8-9,14-15,26-29,47H,7,10-13,16-19,38H2,1-4H3,(H2,39,48)(H,43,51)(H,44,49)(H,45,52)(H,46,50)(H4,40,41,42)/t26-,27-,28+,29-/m0/s1.